The van der Waals surface area contributed by atoms with Crippen molar-refractivity contribution in [1.29, 1.82) is 0 Å². The molecular formula is C14H20N2O. The van der Waals surface area contributed by atoms with Gasteiger partial charge < -0.3 is 11.1 Å². The van der Waals surface area contributed by atoms with Gasteiger partial charge in [0.15, 0.2) is 0 Å². The minimum Gasteiger partial charge on any atom is -0.355 e. The highest BCUT2D eigenvalue weighted by atomic mass is 16.1. The van der Waals surface area contributed by atoms with E-state index in [0.29, 0.717) is 18.9 Å². The first-order chi connectivity index (χ1) is 8.31. The maximum absolute atomic E-state index is 11.4. The van der Waals surface area contributed by atoms with Crippen LogP contribution < -0.4 is 11.1 Å². The van der Waals surface area contributed by atoms with Gasteiger partial charge in [-0.1, -0.05) is 24.3 Å². The quantitative estimate of drug-likeness (QED) is 0.828. The molecule has 0 bridgehead atoms. The molecule has 2 rings (SSSR count). The molecule has 1 aromatic rings. The van der Waals surface area contributed by atoms with Crippen molar-refractivity contribution in [3.8, 4) is 0 Å². The Balaban J connectivity index is 1.97. The summed E-state index contributed by atoms with van der Waals surface area (Å²) in [6, 6.07) is 8.56. The summed E-state index contributed by atoms with van der Waals surface area (Å²) in [4.78, 5) is 11.4. The van der Waals surface area contributed by atoms with E-state index in [1.165, 1.54) is 30.4 Å². The molecule has 0 saturated heterocycles. The molecule has 1 atom stereocenters. The topological polar surface area (TPSA) is 55.1 Å². The molecule has 1 aliphatic carbocycles. The number of hydrogen-bond acceptors (Lipinski definition) is 2. The van der Waals surface area contributed by atoms with E-state index in [0.717, 1.165) is 6.54 Å². The molecule has 3 heteroatoms. The summed E-state index contributed by atoms with van der Waals surface area (Å²) >= 11 is 0. The average Bonchev–Trinajstić information content (AvgIpc) is 2.36. The van der Waals surface area contributed by atoms with Crippen LogP contribution >= 0.6 is 0 Å². The largest absolute Gasteiger partial charge is 0.355 e. The predicted molar refractivity (Wildman–Crippen MR) is 68.8 cm³/mol. The fraction of sp³-hybridized carbons (Fsp3) is 0.500. The van der Waals surface area contributed by atoms with E-state index >= 15 is 0 Å². The Labute approximate surface area is 102 Å². The second kappa shape index (κ2) is 5.82. The van der Waals surface area contributed by atoms with Crippen LogP contribution in [0.15, 0.2) is 24.3 Å². The summed E-state index contributed by atoms with van der Waals surface area (Å²) in [7, 11) is 0. The summed E-state index contributed by atoms with van der Waals surface area (Å²) in [5.41, 5.74) is 8.20. The Kier molecular flexibility index (Phi) is 4.15. The Morgan fingerprint density at radius 1 is 1.41 bits per heavy atom. The van der Waals surface area contributed by atoms with Gasteiger partial charge in [0.2, 0.25) is 5.91 Å². The number of carbonyl (C=O) groups is 1. The van der Waals surface area contributed by atoms with Crippen molar-refractivity contribution in [3.63, 3.8) is 0 Å². The highest BCUT2D eigenvalue weighted by Crippen LogP contribution is 2.30. The molecule has 0 fully saturated rings. The smallest absolute Gasteiger partial charge is 0.221 e. The van der Waals surface area contributed by atoms with Crippen LogP contribution in [0.3, 0.4) is 0 Å². The van der Waals surface area contributed by atoms with Crippen LogP contribution in [-0.4, -0.2) is 19.0 Å². The van der Waals surface area contributed by atoms with Crippen molar-refractivity contribution in [3.05, 3.63) is 35.4 Å². The third kappa shape index (κ3) is 3.07. The number of rotatable bonds is 4. The van der Waals surface area contributed by atoms with Crippen molar-refractivity contribution in [2.75, 3.05) is 13.1 Å². The molecule has 0 aromatic heterocycles. The summed E-state index contributed by atoms with van der Waals surface area (Å²) in [6.45, 7) is 1.17. The lowest BCUT2D eigenvalue weighted by atomic mass is 9.83. The molecule has 17 heavy (non-hydrogen) atoms. The molecule has 0 saturated carbocycles. The van der Waals surface area contributed by atoms with E-state index in [2.05, 4.69) is 29.6 Å². The number of aryl methyl sites for hydroxylation is 1. The van der Waals surface area contributed by atoms with Gasteiger partial charge in [0.1, 0.15) is 0 Å². The van der Waals surface area contributed by atoms with Crippen LogP contribution in [0.4, 0.5) is 0 Å². The van der Waals surface area contributed by atoms with E-state index < -0.39 is 0 Å². The van der Waals surface area contributed by atoms with Gasteiger partial charge in [0.05, 0.1) is 0 Å². The maximum atomic E-state index is 11.4. The minimum absolute atomic E-state index is 0.0653. The maximum Gasteiger partial charge on any atom is 0.221 e. The molecular weight excluding hydrogens is 212 g/mol. The van der Waals surface area contributed by atoms with E-state index in [-0.39, 0.29) is 5.91 Å². The summed E-state index contributed by atoms with van der Waals surface area (Å²) in [6.07, 6.45) is 3.98. The minimum atomic E-state index is 0.0653. The second-order valence-corrected chi connectivity index (χ2v) is 4.63. The fourth-order valence-corrected chi connectivity index (χ4v) is 2.52. The number of nitrogens with two attached hydrogens (primary N) is 1. The molecule has 0 spiro atoms. The summed E-state index contributed by atoms with van der Waals surface area (Å²) in [5, 5.41) is 2.98. The average molecular weight is 232 g/mol. The van der Waals surface area contributed by atoms with Crippen LogP contribution in [0, 0.1) is 0 Å². The summed E-state index contributed by atoms with van der Waals surface area (Å²) < 4.78 is 0. The number of carbonyl (C=O) groups excluding carboxylic acids is 1. The third-order valence-electron chi connectivity index (χ3n) is 3.41. The lowest BCUT2D eigenvalue weighted by Crippen LogP contribution is -2.31. The standard InChI is InChI=1S/C14H20N2O/c15-9-8-14(17)16-10-12-6-3-5-11-4-1-2-7-13(11)12/h1-2,4,7,12H,3,5-6,8-10,15H2,(H,16,17). The molecule has 0 heterocycles. The zero-order chi connectivity index (χ0) is 12.1. The van der Waals surface area contributed by atoms with E-state index in [9.17, 15) is 4.79 Å². The molecule has 3 N–H and O–H groups in total. The number of benzene rings is 1. The molecule has 1 unspecified atom stereocenters. The molecule has 1 aliphatic rings. The van der Waals surface area contributed by atoms with Crippen molar-refractivity contribution in [1.82, 2.24) is 5.32 Å². The van der Waals surface area contributed by atoms with Gasteiger partial charge in [0.25, 0.3) is 0 Å². The van der Waals surface area contributed by atoms with Crippen LogP contribution in [-0.2, 0) is 11.2 Å². The van der Waals surface area contributed by atoms with Gasteiger partial charge >= 0.3 is 0 Å². The molecule has 0 radical (unpaired) electrons. The Morgan fingerprint density at radius 2 is 2.24 bits per heavy atom. The fourth-order valence-electron chi connectivity index (χ4n) is 2.52. The number of nitrogens with one attached hydrogen (secondary N) is 1. The normalized spacial score (nSPS) is 18.5. The first-order valence-corrected chi connectivity index (χ1v) is 6.36. The molecule has 0 aliphatic heterocycles. The molecule has 1 aromatic carbocycles. The van der Waals surface area contributed by atoms with Gasteiger partial charge in [-0.3, -0.25) is 4.79 Å². The van der Waals surface area contributed by atoms with Gasteiger partial charge in [-0.15, -0.1) is 0 Å². The molecule has 92 valence electrons. The number of amides is 1. The molecule has 1 amide bonds. The number of fused-ring (bicyclic) bond motifs is 1. The van der Waals surface area contributed by atoms with Gasteiger partial charge in [-0.05, 0) is 30.4 Å². The van der Waals surface area contributed by atoms with Gasteiger partial charge in [-0.2, -0.15) is 0 Å². The monoisotopic (exact) mass is 232 g/mol. The predicted octanol–water partition coefficient (Wildman–Crippen LogP) is 1.57. The highest BCUT2D eigenvalue weighted by Gasteiger charge is 2.19. The Morgan fingerprint density at radius 3 is 3.06 bits per heavy atom. The van der Waals surface area contributed by atoms with Crippen molar-refractivity contribution >= 4 is 5.91 Å². The van der Waals surface area contributed by atoms with Crippen molar-refractivity contribution < 1.29 is 4.79 Å². The zero-order valence-electron chi connectivity index (χ0n) is 10.1. The second-order valence-electron chi connectivity index (χ2n) is 4.63. The molecule has 3 nitrogen and oxygen atoms in total. The lowest BCUT2D eigenvalue weighted by molar-refractivity contribution is -0.120. The Hall–Kier alpha value is -1.35. The lowest BCUT2D eigenvalue weighted by Gasteiger charge is -2.25. The van der Waals surface area contributed by atoms with Crippen LogP contribution in [0.1, 0.15) is 36.3 Å². The van der Waals surface area contributed by atoms with Crippen LogP contribution in [0.2, 0.25) is 0 Å². The van der Waals surface area contributed by atoms with Gasteiger partial charge in [0, 0.05) is 25.4 Å². The first-order valence-electron chi connectivity index (χ1n) is 6.36. The number of hydrogen-bond donors (Lipinski definition) is 2. The highest BCUT2D eigenvalue weighted by molar-refractivity contribution is 5.76. The van der Waals surface area contributed by atoms with Crippen molar-refractivity contribution in [2.24, 2.45) is 5.73 Å². The SMILES string of the molecule is NCCC(=O)NCC1CCCc2ccccc21. The van der Waals surface area contributed by atoms with Gasteiger partial charge in [-0.25, -0.2) is 0 Å². The third-order valence-corrected chi connectivity index (χ3v) is 3.41. The summed E-state index contributed by atoms with van der Waals surface area (Å²) in [5.74, 6) is 0.539. The van der Waals surface area contributed by atoms with E-state index in [4.69, 9.17) is 5.73 Å². The van der Waals surface area contributed by atoms with Crippen LogP contribution in [0.25, 0.3) is 0 Å². The van der Waals surface area contributed by atoms with E-state index in [1.54, 1.807) is 0 Å². The van der Waals surface area contributed by atoms with Crippen LogP contribution in [0.5, 0.6) is 0 Å². The zero-order valence-corrected chi connectivity index (χ0v) is 10.1. The Bertz CT molecular complexity index is 390. The first kappa shape index (κ1) is 12.1. The van der Waals surface area contributed by atoms with Crippen molar-refractivity contribution in [2.45, 2.75) is 31.6 Å². The van der Waals surface area contributed by atoms with E-state index in [1.807, 2.05) is 0 Å².